The Labute approximate surface area is 149 Å². The van der Waals surface area contributed by atoms with Crippen LogP contribution in [0.15, 0.2) is 18.2 Å². The summed E-state index contributed by atoms with van der Waals surface area (Å²) in [7, 11) is 0. The molecule has 1 aromatic carbocycles. The van der Waals surface area contributed by atoms with Crippen molar-refractivity contribution in [3.63, 3.8) is 0 Å². The molecule has 1 aromatic heterocycles. The number of nitrogens with one attached hydrogen (secondary N) is 1. The van der Waals surface area contributed by atoms with E-state index in [0.29, 0.717) is 11.8 Å². The van der Waals surface area contributed by atoms with Gasteiger partial charge in [-0.2, -0.15) is 0 Å². The van der Waals surface area contributed by atoms with Crippen molar-refractivity contribution in [3.05, 3.63) is 29.6 Å². The number of carbonyl (C=O) groups is 1. The largest absolute Gasteiger partial charge is 0.481 e. The summed E-state index contributed by atoms with van der Waals surface area (Å²) in [5.74, 6) is 1.49. The SMILES string of the molecule is Cc1ccc2nc(C[C@H]3CN(CC(C)C)CC[C@H]3CC(=O)O)[nH]c2c1. The molecule has 0 saturated carbocycles. The molecular weight excluding hydrogens is 314 g/mol. The van der Waals surface area contributed by atoms with E-state index < -0.39 is 5.97 Å². The minimum atomic E-state index is -0.687. The van der Waals surface area contributed by atoms with Crippen LogP contribution in [-0.4, -0.2) is 45.6 Å². The highest BCUT2D eigenvalue weighted by molar-refractivity contribution is 5.75. The van der Waals surface area contributed by atoms with E-state index >= 15 is 0 Å². The topological polar surface area (TPSA) is 69.2 Å². The van der Waals surface area contributed by atoms with Crippen LogP contribution in [0.3, 0.4) is 0 Å². The number of fused-ring (bicyclic) bond motifs is 1. The van der Waals surface area contributed by atoms with Crippen LogP contribution in [0.1, 0.15) is 38.1 Å². The number of aromatic nitrogens is 2. The lowest BCUT2D eigenvalue weighted by atomic mass is 9.81. The number of carboxylic acid groups (broad SMARTS) is 1. The van der Waals surface area contributed by atoms with E-state index in [1.54, 1.807) is 0 Å². The van der Waals surface area contributed by atoms with Gasteiger partial charge in [-0.05, 0) is 55.3 Å². The van der Waals surface area contributed by atoms with Gasteiger partial charge < -0.3 is 15.0 Å². The van der Waals surface area contributed by atoms with Gasteiger partial charge in [-0.15, -0.1) is 0 Å². The molecule has 0 radical (unpaired) electrons. The Morgan fingerprint density at radius 3 is 2.92 bits per heavy atom. The molecule has 2 aromatic rings. The van der Waals surface area contributed by atoms with Crippen LogP contribution in [0.5, 0.6) is 0 Å². The molecule has 0 aliphatic carbocycles. The fraction of sp³-hybridized carbons (Fsp3) is 0.600. The summed E-state index contributed by atoms with van der Waals surface area (Å²) in [5, 5.41) is 9.27. The lowest BCUT2D eigenvalue weighted by Gasteiger charge is -2.38. The Bertz CT molecular complexity index is 738. The predicted octanol–water partition coefficient (Wildman–Crippen LogP) is 3.48. The van der Waals surface area contributed by atoms with Crippen molar-refractivity contribution in [2.24, 2.45) is 17.8 Å². The number of hydrogen-bond donors (Lipinski definition) is 2. The third kappa shape index (κ3) is 4.60. The molecule has 0 amide bonds. The van der Waals surface area contributed by atoms with E-state index in [0.717, 1.165) is 49.3 Å². The number of nitrogens with zero attached hydrogens (tertiary/aromatic N) is 2. The third-order valence-electron chi connectivity index (χ3n) is 5.18. The van der Waals surface area contributed by atoms with E-state index in [9.17, 15) is 9.90 Å². The average Bonchev–Trinajstić information content (AvgIpc) is 2.90. The molecular formula is C20H29N3O2. The van der Waals surface area contributed by atoms with Gasteiger partial charge in [-0.1, -0.05) is 19.9 Å². The van der Waals surface area contributed by atoms with Crippen LogP contribution in [0.4, 0.5) is 0 Å². The molecule has 25 heavy (non-hydrogen) atoms. The number of rotatable bonds is 6. The zero-order chi connectivity index (χ0) is 18.0. The Balaban J connectivity index is 1.76. The highest BCUT2D eigenvalue weighted by atomic mass is 16.4. The van der Waals surface area contributed by atoms with E-state index in [4.69, 9.17) is 4.98 Å². The maximum atomic E-state index is 11.3. The molecule has 1 aliphatic heterocycles. The van der Waals surface area contributed by atoms with E-state index in [1.807, 2.05) is 6.07 Å². The van der Waals surface area contributed by atoms with Gasteiger partial charge in [-0.3, -0.25) is 4.79 Å². The summed E-state index contributed by atoms with van der Waals surface area (Å²) in [4.78, 5) is 21.9. The fourth-order valence-electron chi connectivity index (χ4n) is 4.08. The summed E-state index contributed by atoms with van der Waals surface area (Å²) in [6.45, 7) is 9.60. The van der Waals surface area contributed by atoms with E-state index in [1.165, 1.54) is 5.56 Å². The fourth-order valence-corrected chi connectivity index (χ4v) is 4.08. The summed E-state index contributed by atoms with van der Waals surface area (Å²) >= 11 is 0. The maximum absolute atomic E-state index is 11.3. The summed E-state index contributed by atoms with van der Waals surface area (Å²) in [5.41, 5.74) is 3.28. The second-order valence-corrected chi connectivity index (χ2v) is 7.97. The average molecular weight is 343 g/mol. The lowest BCUT2D eigenvalue weighted by molar-refractivity contribution is -0.139. The lowest BCUT2D eigenvalue weighted by Crippen LogP contribution is -2.43. The summed E-state index contributed by atoms with van der Waals surface area (Å²) < 4.78 is 0. The normalized spacial score (nSPS) is 21.9. The molecule has 2 heterocycles. The van der Waals surface area contributed by atoms with Crippen LogP contribution < -0.4 is 0 Å². The van der Waals surface area contributed by atoms with Crippen molar-refractivity contribution in [2.45, 2.75) is 40.0 Å². The number of likely N-dealkylation sites (tertiary alicyclic amines) is 1. The van der Waals surface area contributed by atoms with Crippen molar-refractivity contribution >= 4 is 17.0 Å². The molecule has 1 saturated heterocycles. The molecule has 3 rings (SSSR count). The first-order valence-corrected chi connectivity index (χ1v) is 9.30. The van der Waals surface area contributed by atoms with Crippen molar-refractivity contribution in [1.29, 1.82) is 0 Å². The first-order chi connectivity index (χ1) is 11.9. The first kappa shape index (κ1) is 17.9. The number of carboxylic acids is 1. The highest BCUT2D eigenvalue weighted by Gasteiger charge is 2.31. The van der Waals surface area contributed by atoms with E-state index in [2.05, 4.69) is 42.8 Å². The Hall–Kier alpha value is -1.88. The minimum Gasteiger partial charge on any atom is -0.481 e. The molecule has 136 valence electrons. The summed E-state index contributed by atoms with van der Waals surface area (Å²) in [6.07, 6.45) is 2.04. The number of imidazole rings is 1. The summed E-state index contributed by atoms with van der Waals surface area (Å²) in [6, 6.07) is 6.24. The highest BCUT2D eigenvalue weighted by Crippen LogP contribution is 2.30. The first-order valence-electron chi connectivity index (χ1n) is 9.30. The molecule has 5 heteroatoms. The zero-order valence-corrected chi connectivity index (χ0v) is 15.5. The van der Waals surface area contributed by atoms with Crippen LogP contribution in [-0.2, 0) is 11.2 Å². The van der Waals surface area contributed by atoms with Crippen molar-refractivity contribution in [2.75, 3.05) is 19.6 Å². The number of benzene rings is 1. The number of H-pyrrole nitrogens is 1. The zero-order valence-electron chi connectivity index (χ0n) is 15.5. The van der Waals surface area contributed by atoms with Gasteiger partial charge in [0.05, 0.1) is 11.0 Å². The molecule has 2 N–H and O–H groups in total. The molecule has 0 bridgehead atoms. The molecule has 0 spiro atoms. The minimum absolute atomic E-state index is 0.232. The van der Waals surface area contributed by atoms with Crippen LogP contribution >= 0.6 is 0 Å². The molecule has 1 fully saturated rings. The van der Waals surface area contributed by atoms with Gasteiger partial charge in [-0.25, -0.2) is 4.98 Å². The number of aryl methyl sites for hydroxylation is 1. The smallest absolute Gasteiger partial charge is 0.303 e. The Morgan fingerprint density at radius 2 is 2.20 bits per heavy atom. The second-order valence-electron chi connectivity index (χ2n) is 7.97. The monoisotopic (exact) mass is 343 g/mol. The predicted molar refractivity (Wildman–Crippen MR) is 99.7 cm³/mol. The van der Waals surface area contributed by atoms with Crippen molar-refractivity contribution in [3.8, 4) is 0 Å². The van der Waals surface area contributed by atoms with Gasteiger partial charge in [0.25, 0.3) is 0 Å². The standard InChI is InChI=1S/C20H29N3O2/c1-13(2)11-23-7-6-15(10-20(24)25)16(12-23)9-19-21-17-5-4-14(3)8-18(17)22-19/h4-5,8,13,15-16H,6-7,9-12H2,1-3H3,(H,21,22)(H,24,25)/t15-,16-/m0/s1. The van der Waals surface area contributed by atoms with Gasteiger partial charge in [0.2, 0.25) is 0 Å². The van der Waals surface area contributed by atoms with Gasteiger partial charge in [0.15, 0.2) is 0 Å². The number of piperidine rings is 1. The number of hydrogen-bond acceptors (Lipinski definition) is 3. The van der Waals surface area contributed by atoms with Crippen LogP contribution in [0.2, 0.25) is 0 Å². The number of aliphatic carboxylic acids is 1. The van der Waals surface area contributed by atoms with Crippen molar-refractivity contribution in [1.82, 2.24) is 14.9 Å². The van der Waals surface area contributed by atoms with Crippen molar-refractivity contribution < 1.29 is 9.90 Å². The molecule has 5 nitrogen and oxygen atoms in total. The van der Waals surface area contributed by atoms with Crippen LogP contribution in [0.25, 0.3) is 11.0 Å². The third-order valence-corrected chi connectivity index (χ3v) is 5.18. The van der Waals surface area contributed by atoms with E-state index in [-0.39, 0.29) is 12.3 Å². The van der Waals surface area contributed by atoms with Gasteiger partial charge in [0.1, 0.15) is 5.82 Å². The Kier molecular flexibility index (Phi) is 5.42. The van der Waals surface area contributed by atoms with Gasteiger partial charge >= 0.3 is 5.97 Å². The number of aromatic amines is 1. The second kappa shape index (κ2) is 7.56. The Morgan fingerprint density at radius 1 is 1.40 bits per heavy atom. The van der Waals surface area contributed by atoms with Crippen LogP contribution in [0, 0.1) is 24.7 Å². The maximum Gasteiger partial charge on any atom is 0.303 e. The van der Waals surface area contributed by atoms with Gasteiger partial charge in [0, 0.05) is 25.9 Å². The molecule has 2 atom stereocenters. The molecule has 0 unspecified atom stereocenters. The quantitative estimate of drug-likeness (QED) is 0.842. The molecule has 1 aliphatic rings.